The average molecular weight is 337 g/mol. The summed E-state index contributed by atoms with van der Waals surface area (Å²) in [7, 11) is 0. The van der Waals surface area contributed by atoms with Crippen LogP contribution in [0.15, 0.2) is 36.4 Å². The minimum absolute atomic E-state index is 0.257. The second-order valence-electron chi connectivity index (χ2n) is 5.06. The lowest BCUT2D eigenvalue weighted by atomic mass is 10.1. The van der Waals surface area contributed by atoms with E-state index in [-0.39, 0.29) is 12.7 Å². The molecule has 0 fully saturated rings. The quantitative estimate of drug-likeness (QED) is 0.776. The number of amides is 1. The van der Waals surface area contributed by atoms with Gasteiger partial charge in [-0.25, -0.2) is 9.78 Å². The Balaban J connectivity index is 1.65. The molecule has 4 nitrogen and oxygen atoms in total. The van der Waals surface area contributed by atoms with Crippen LogP contribution in [0, 0.1) is 0 Å². The van der Waals surface area contributed by atoms with Gasteiger partial charge in [0.2, 0.25) is 0 Å². The van der Waals surface area contributed by atoms with Crippen LogP contribution >= 0.6 is 23.2 Å². The molecule has 0 radical (unpaired) electrons. The van der Waals surface area contributed by atoms with Gasteiger partial charge in [0.05, 0.1) is 12.2 Å². The van der Waals surface area contributed by atoms with Crippen LogP contribution in [0.2, 0.25) is 10.2 Å². The summed E-state index contributed by atoms with van der Waals surface area (Å²) < 4.78 is 5.34. The first-order chi connectivity index (χ1) is 10.6. The number of ether oxygens (including phenoxy) is 1. The molecular formula is C16H14Cl2N2O2. The van der Waals surface area contributed by atoms with Gasteiger partial charge in [-0.15, -0.1) is 0 Å². The van der Waals surface area contributed by atoms with Crippen LogP contribution < -0.4 is 0 Å². The van der Waals surface area contributed by atoms with E-state index in [4.69, 9.17) is 27.9 Å². The lowest BCUT2D eigenvalue weighted by molar-refractivity contribution is 0.0913. The van der Waals surface area contributed by atoms with E-state index < -0.39 is 0 Å². The molecule has 1 aromatic heterocycles. The standard InChI is InChI=1S/C16H14Cl2N2O2/c17-13-8-15(18)19-14-9-20(7-6-12(13)14)16(21)22-10-11-4-2-1-3-5-11/h1-5,8H,6-7,9-10H2. The second kappa shape index (κ2) is 6.55. The fraction of sp³-hybridized carbons (Fsp3) is 0.250. The van der Waals surface area contributed by atoms with Crippen molar-refractivity contribution in [2.75, 3.05) is 6.54 Å². The highest BCUT2D eigenvalue weighted by Crippen LogP contribution is 2.27. The van der Waals surface area contributed by atoms with E-state index in [1.54, 1.807) is 11.0 Å². The molecule has 0 unspecified atom stereocenters. The maximum Gasteiger partial charge on any atom is 0.410 e. The molecule has 0 saturated heterocycles. The molecule has 0 atom stereocenters. The molecule has 114 valence electrons. The summed E-state index contributed by atoms with van der Waals surface area (Å²) in [5.74, 6) is 0. The molecule has 0 bridgehead atoms. The van der Waals surface area contributed by atoms with Gasteiger partial charge in [-0.2, -0.15) is 0 Å². The third kappa shape index (κ3) is 3.34. The summed E-state index contributed by atoms with van der Waals surface area (Å²) in [5, 5.41) is 0.940. The fourth-order valence-corrected chi connectivity index (χ4v) is 3.00. The normalized spacial score (nSPS) is 13.6. The smallest absolute Gasteiger partial charge is 0.410 e. The van der Waals surface area contributed by atoms with Gasteiger partial charge in [-0.3, -0.25) is 0 Å². The van der Waals surface area contributed by atoms with Crippen molar-refractivity contribution in [2.24, 2.45) is 0 Å². The molecule has 0 saturated carbocycles. The molecule has 2 heterocycles. The summed E-state index contributed by atoms with van der Waals surface area (Å²) >= 11 is 12.1. The summed E-state index contributed by atoms with van der Waals surface area (Å²) in [5.41, 5.74) is 2.65. The molecule has 1 aliphatic rings. The average Bonchev–Trinajstić information content (AvgIpc) is 2.53. The number of nitrogens with zero attached hydrogens (tertiary/aromatic N) is 2. The zero-order valence-corrected chi connectivity index (χ0v) is 13.3. The van der Waals surface area contributed by atoms with Crippen LogP contribution in [0.4, 0.5) is 4.79 Å². The predicted molar refractivity (Wildman–Crippen MR) is 85.0 cm³/mol. The minimum atomic E-state index is -0.354. The summed E-state index contributed by atoms with van der Waals surface area (Å²) in [4.78, 5) is 18.0. The highest BCUT2D eigenvalue weighted by Gasteiger charge is 2.24. The first-order valence-electron chi connectivity index (χ1n) is 6.93. The van der Waals surface area contributed by atoms with Crippen LogP contribution in [0.1, 0.15) is 16.8 Å². The van der Waals surface area contributed by atoms with Gasteiger partial charge < -0.3 is 9.64 Å². The van der Waals surface area contributed by atoms with Crippen molar-refractivity contribution in [2.45, 2.75) is 19.6 Å². The van der Waals surface area contributed by atoms with Crippen LogP contribution in [0.5, 0.6) is 0 Å². The Labute approximate surface area is 138 Å². The van der Waals surface area contributed by atoms with Crippen LogP contribution in [-0.4, -0.2) is 22.5 Å². The highest BCUT2D eigenvalue weighted by molar-refractivity contribution is 6.34. The van der Waals surface area contributed by atoms with Crippen molar-refractivity contribution in [3.8, 4) is 0 Å². The summed E-state index contributed by atoms with van der Waals surface area (Å²) in [6.45, 7) is 1.18. The number of halogens is 2. The number of pyridine rings is 1. The highest BCUT2D eigenvalue weighted by atomic mass is 35.5. The number of rotatable bonds is 2. The third-order valence-corrected chi connectivity index (χ3v) is 4.09. The molecular weight excluding hydrogens is 323 g/mol. The number of hydrogen-bond acceptors (Lipinski definition) is 3. The van der Waals surface area contributed by atoms with Gasteiger partial charge in [0.1, 0.15) is 11.8 Å². The number of fused-ring (bicyclic) bond motifs is 1. The van der Waals surface area contributed by atoms with Crippen LogP contribution in [0.3, 0.4) is 0 Å². The van der Waals surface area contributed by atoms with Crippen LogP contribution in [-0.2, 0) is 24.3 Å². The Kier molecular flexibility index (Phi) is 4.50. The molecule has 1 amide bonds. The Hall–Kier alpha value is -1.78. The molecule has 0 aliphatic carbocycles. The zero-order chi connectivity index (χ0) is 15.5. The van der Waals surface area contributed by atoms with Crippen molar-refractivity contribution >= 4 is 29.3 Å². The number of carbonyl (C=O) groups is 1. The number of benzene rings is 1. The van der Waals surface area contributed by atoms with Crippen molar-refractivity contribution in [1.29, 1.82) is 0 Å². The van der Waals surface area contributed by atoms with Crippen molar-refractivity contribution in [1.82, 2.24) is 9.88 Å². The predicted octanol–water partition coefficient (Wildman–Crippen LogP) is 4.08. The summed E-state index contributed by atoms with van der Waals surface area (Å²) in [6, 6.07) is 11.2. The Morgan fingerprint density at radius 1 is 1.27 bits per heavy atom. The lowest BCUT2D eigenvalue weighted by Crippen LogP contribution is -2.37. The van der Waals surface area contributed by atoms with E-state index in [9.17, 15) is 4.79 Å². The molecule has 6 heteroatoms. The van der Waals surface area contributed by atoms with Crippen molar-refractivity contribution in [3.63, 3.8) is 0 Å². The molecule has 1 aliphatic heterocycles. The van der Waals surface area contributed by atoms with Gasteiger partial charge in [0.15, 0.2) is 0 Å². The van der Waals surface area contributed by atoms with E-state index >= 15 is 0 Å². The minimum Gasteiger partial charge on any atom is -0.445 e. The van der Waals surface area contributed by atoms with Crippen LogP contribution in [0.25, 0.3) is 0 Å². The number of aromatic nitrogens is 1. The summed E-state index contributed by atoms with van der Waals surface area (Å²) in [6.07, 6.45) is 0.297. The maximum atomic E-state index is 12.2. The van der Waals surface area contributed by atoms with E-state index in [2.05, 4.69) is 4.98 Å². The number of carbonyl (C=O) groups excluding carboxylic acids is 1. The Bertz CT molecular complexity index is 692. The molecule has 0 N–H and O–H groups in total. The zero-order valence-electron chi connectivity index (χ0n) is 11.8. The lowest BCUT2D eigenvalue weighted by Gasteiger charge is -2.28. The topological polar surface area (TPSA) is 42.4 Å². The second-order valence-corrected chi connectivity index (χ2v) is 5.86. The first-order valence-corrected chi connectivity index (χ1v) is 7.68. The molecule has 3 rings (SSSR count). The monoisotopic (exact) mass is 336 g/mol. The fourth-order valence-electron chi connectivity index (χ4n) is 2.43. The van der Waals surface area contributed by atoms with E-state index in [0.29, 0.717) is 29.7 Å². The van der Waals surface area contributed by atoms with Crippen molar-refractivity contribution in [3.05, 3.63) is 63.4 Å². The number of hydrogen-bond donors (Lipinski definition) is 0. The van der Waals surface area contributed by atoms with E-state index in [1.165, 1.54) is 0 Å². The Morgan fingerprint density at radius 3 is 2.82 bits per heavy atom. The molecule has 1 aromatic carbocycles. The van der Waals surface area contributed by atoms with Crippen molar-refractivity contribution < 1.29 is 9.53 Å². The molecule has 2 aromatic rings. The maximum absolute atomic E-state index is 12.2. The van der Waals surface area contributed by atoms with Gasteiger partial charge in [0, 0.05) is 11.6 Å². The van der Waals surface area contributed by atoms with Gasteiger partial charge in [0.25, 0.3) is 0 Å². The van der Waals surface area contributed by atoms with E-state index in [0.717, 1.165) is 16.8 Å². The third-order valence-electron chi connectivity index (χ3n) is 3.56. The van der Waals surface area contributed by atoms with Gasteiger partial charge >= 0.3 is 6.09 Å². The van der Waals surface area contributed by atoms with Gasteiger partial charge in [-0.1, -0.05) is 53.5 Å². The molecule has 0 spiro atoms. The first kappa shape index (κ1) is 15.1. The van der Waals surface area contributed by atoms with E-state index in [1.807, 2.05) is 30.3 Å². The largest absolute Gasteiger partial charge is 0.445 e. The van der Waals surface area contributed by atoms with Gasteiger partial charge in [-0.05, 0) is 23.6 Å². The Morgan fingerprint density at radius 2 is 2.05 bits per heavy atom. The SMILES string of the molecule is O=C(OCc1ccccc1)N1CCc2c(Cl)cc(Cl)nc2C1. The molecule has 22 heavy (non-hydrogen) atoms.